The average Bonchev–Trinajstić information content (AvgIpc) is 2.76. The minimum Gasteiger partial charge on any atom is -0.375 e. The number of nitrogens with zero attached hydrogens (tertiary/aromatic N) is 3. The van der Waals surface area contributed by atoms with Crippen LogP contribution in [0.4, 0.5) is 5.69 Å². The van der Waals surface area contributed by atoms with Gasteiger partial charge in [0.2, 0.25) is 0 Å². The van der Waals surface area contributed by atoms with Gasteiger partial charge >= 0.3 is 0 Å². The van der Waals surface area contributed by atoms with E-state index in [0.29, 0.717) is 42.3 Å². The zero-order valence-electron chi connectivity index (χ0n) is 17.1. The molecule has 3 rings (SSSR count). The van der Waals surface area contributed by atoms with Crippen LogP contribution in [0.15, 0.2) is 48.5 Å². The maximum absolute atomic E-state index is 12.8. The minimum absolute atomic E-state index is 0.0163. The van der Waals surface area contributed by atoms with E-state index in [2.05, 4.69) is 18.9 Å². The van der Waals surface area contributed by atoms with Crippen LogP contribution in [-0.4, -0.2) is 61.4 Å². The van der Waals surface area contributed by atoms with E-state index < -0.39 is 0 Å². The van der Waals surface area contributed by atoms with Gasteiger partial charge in [-0.1, -0.05) is 31.0 Å². The number of benzene rings is 2. The molecule has 0 saturated carbocycles. The maximum atomic E-state index is 12.8. The van der Waals surface area contributed by atoms with Crippen LogP contribution in [-0.2, 0) is 0 Å². The highest BCUT2D eigenvalue weighted by atomic mass is 35.5. The fourth-order valence-corrected chi connectivity index (χ4v) is 3.67. The van der Waals surface area contributed by atoms with Crippen molar-refractivity contribution in [1.82, 2.24) is 9.80 Å². The summed E-state index contributed by atoms with van der Waals surface area (Å²) in [4.78, 5) is 31.3. The number of anilines is 1. The van der Waals surface area contributed by atoms with Gasteiger partial charge in [0.1, 0.15) is 0 Å². The molecule has 0 spiro atoms. The Balaban J connectivity index is 1.56. The maximum Gasteiger partial charge on any atom is 0.254 e. The van der Waals surface area contributed by atoms with E-state index >= 15 is 0 Å². The third-order valence-electron chi connectivity index (χ3n) is 5.33. The second-order valence-corrected chi connectivity index (χ2v) is 7.85. The van der Waals surface area contributed by atoms with Crippen molar-refractivity contribution < 1.29 is 9.59 Å². The molecule has 0 aliphatic carbocycles. The Morgan fingerprint density at radius 2 is 1.52 bits per heavy atom. The summed E-state index contributed by atoms with van der Waals surface area (Å²) in [5.74, 6) is -0.0262. The Bertz CT molecular complexity index is 845. The molecule has 2 aromatic carbocycles. The lowest BCUT2D eigenvalue weighted by atomic mass is 10.1. The molecule has 0 atom stereocenters. The van der Waals surface area contributed by atoms with E-state index in [1.807, 2.05) is 29.2 Å². The van der Waals surface area contributed by atoms with Crippen molar-refractivity contribution in [3.63, 3.8) is 0 Å². The SMILES string of the molecule is CCCCN(C)c1ccc(C(=O)N2CCN(C(=O)c3cccc(Cl)c3)CC2)cc1. The molecule has 0 radical (unpaired) electrons. The van der Waals surface area contributed by atoms with Gasteiger partial charge in [0.15, 0.2) is 0 Å². The summed E-state index contributed by atoms with van der Waals surface area (Å²) in [5, 5.41) is 0.549. The molecule has 1 heterocycles. The number of unbranched alkanes of at least 4 members (excludes halogenated alkanes) is 1. The normalized spacial score (nSPS) is 14.0. The summed E-state index contributed by atoms with van der Waals surface area (Å²) >= 11 is 5.99. The molecule has 2 aromatic rings. The topological polar surface area (TPSA) is 43.9 Å². The Labute approximate surface area is 177 Å². The summed E-state index contributed by atoms with van der Waals surface area (Å²) in [7, 11) is 2.07. The van der Waals surface area contributed by atoms with E-state index in [1.165, 1.54) is 0 Å². The van der Waals surface area contributed by atoms with E-state index in [0.717, 1.165) is 25.1 Å². The zero-order valence-corrected chi connectivity index (χ0v) is 17.9. The molecular weight excluding hydrogens is 386 g/mol. The quantitative estimate of drug-likeness (QED) is 0.713. The van der Waals surface area contributed by atoms with E-state index in [-0.39, 0.29) is 11.8 Å². The number of piperazine rings is 1. The van der Waals surface area contributed by atoms with E-state index in [9.17, 15) is 9.59 Å². The van der Waals surface area contributed by atoms with Gasteiger partial charge < -0.3 is 14.7 Å². The first kappa shape index (κ1) is 21.2. The lowest BCUT2D eigenvalue weighted by Crippen LogP contribution is -2.50. The van der Waals surface area contributed by atoms with Crippen LogP contribution in [0.2, 0.25) is 5.02 Å². The van der Waals surface area contributed by atoms with Gasteiger partial charge in [-0.3, -0.25) is 9.59 Å². The number of amides is 2. The van der Waals surface area contributed by atoms with Gasteiger partial charge in [-0.25, -0.2) is 0 Å². The molecule has 1 aliphatic heterocycles. The number of carbonyl (C=O) groups excluding carboxylic acids is 2. The number of hydrogen-bond acceptors (Lipinski definition) is 3. The smallest absolute Gasteiger partial charge is 0.254 e. The molecule has 1 saturated heterocycles. The van der Waals surface area contributed by atoms with Gasteiger partial charge in [0.25, 0.3) is 11.8 Å². The number of carbonyl (C=O) groups is 2. The van der Waals surface area contributed by atoms with Crippen LogP contribution in [0.3, 0.4) is 0 Å². The van der Waals surface area contributed by atoms with Crippen LogP contribution in [0.25, 0.3) is 0 Å². The van der Waals surface area contributed by atoms with Crippen LogP contribution in [0.5, 0.6) is 0 Å². The lowest BCUT2D eigenvalue weighted by Gasteiger charge is -2.35. The predicted molar refractivity (Wildman–Crippen MR) is 118 cm³/mol. The van der Waals surface area contributed by atoms with Crippen molar-refractivity contribution in [1.29, 1.82) is 0 Å². The summed E-state index contributed by atoms with van der Waals surface area (Å²) in [6, 6.07) is 14.8. The molecule has 6 heteroatoms. The second kappa shape index (κ2) is 9.79. The Hall–Kier alpha value is -2.53. The highest BCUT2D eigenvalue weighted by Crippen LogP contribution is 2.18. The monoisotopic (exact) mass is 413 g/mol. The van der Waals surface area contributed by atoms with Crippen LogP contribution < -0.4 is 4.90 Å². The van der Waals surface area contributed by atoms with Crippen molar-refractivity contribution >= 4 is 29.1 Å². The Kier molecular flexibility index (Phi) is 7.15. The van der Waals surface area contributed by atoms with Crippen LogP contribution in [0.1, 0.15) is 40.5 Å². The van der Waals surface area contributed by atoms with Crippen molar-refractivity contribution in [3.8, 4) is 0 Å². The van der Waals surface area contributed by atoms with Crippen molar-refractivity contribution in [2.24, 2.45) is 0 Å². The highest BCUT2D eigenvalue weighted by molar-refractivity contribution is 6.30. The van der Waals surface area contributed by atoms with E-state index in [1.54, 1.807) is 29.2 Å². The molecule has 0 N–H and O–H groups in total. The summed E-state index contributed by atoms with van der Waals surface area (Å²) in [5.41, 5.74) is 2.39. The van der Waals surface area contributed by atoms with Gasteiger partial charge in [-0.05, 0) is 48.9 Å². The molecule has 1 fully saturated rings. The van der Waals surface area contributed by atoms with Gasteiger partial charge in [0.05, 0.1) is 0 Å². The predicted octanol–water partition coefficient (Wildman–Crippen LogP) is 4.17. The largest absolute Gasteiger partial charge is 0.375 e. The second-order valence-electron chi connectivity index (χ2n) is 7.42. The molecule has 5 nitrogen and oxygen atoms in total. The van der Waals surface area contributed by atoms with Gasteiger partial charge in [-0.15, -0.1) is 0 Å². The average molecular weight is 414 g/mol. The number of hydrogen-bond donors (Lipinski definition) is 0. The molecule has 1 aliphatic rings. The summed E-state index contributed by atoms with van der Waals surface area (Å²) in [6.45, 7) is 5.29. The molecule has 2 amide bonds. The van der Waals surface area contributed by atoms with Crippen LogP contribution >= 0.6 is 11.6 Å². The summed E-state index contributed by atoms with van der Waals surface area (Å²) in [6.07, 6.45) is 2.31. The fourth-order valence-electron chi connectivity index (χ4n) is 3.48. The minimum atomic E-state index is -0.0425. The first-order valence-electron chi connectivity index (χ1n) is 10.1. The van der Waals surface area contributed by atoms with Crippen molar-refractivity contribution in [3.05, 3.63) is 64.7 Å². The molecular formula is C23H28ClN3O2. The molecule has 0 aromatic heterocycles. The zero-order chi connectivity index (χ0) is 20.8. The molecule has 0 unspecified atom stereocenters. The first-order chi connectivity index (χ1) is 14.0. The number of rotatable bonds is 6. The third-order valence-corrected chi connectivity index (χ3v) is 5.56. The standard InChI is InChI=1S/C23H28ClN3O2/c1-3-4-12-25(2)21-10-8-18(9-11-21)22(28)26-13-15-27(16-14-26)23(29)19-6-5-7-20(24)17-19/h5-11,17H,3-4,12-16H2,1-2H3. The third kappa shape index (κ3) is 5.30. The van der Waals surface area contributed by atoms with Crippen molar-refractivity contribution in [2.75, 3.05) is 44.7 Å². The van der Waals surface area contributed by atoms with Gasteiger partial charge in [0, 0.05) is 61.6 Å². The fraction of sp³-hybridized carbons (Fsp3) is 0.391. The van der Waals surface area contributed by atoms with Crippen LogP contribution in [0, 0.1) is 0 Å². The lowest BCUT2D eigenvalue weighted by molar-refractivity contribution is 0.0535. The van der Waals surface area contributed by atoms with Gasteiger partial charge in [-0.2, -0.15) is 0 Å². The molecule has 29 heavy (non-hydrogen) atoms. The van der Waals surface area contributed by atoms with E-state index in [4.69, 9.17) is 11.6 Å². The molecule has 0 bridgehead atoms. The number of halogens is 1. The summed E-state index contributed by atoms with van der Waals surface area (Å²) < 4.78 is 0. The Morgan fingerprint density at radius 1 is 0.931 bits per heavy atom. The highest BCUT2D eigenvalue weighted by Gasteiger charge is 2.25. The van der Waals surface area contributed by atoms with Crippen molar-refractivity contribution in [2.45, 2.75) is 19.8 Å². The Morgan fingerprint density at radius 3 is 2.07 bits per heavy atom. The molecule has 154 valence electrons. The first-order valence-corrected chi connectivity index (χ1v) is 10.5.